The van der Waals surface area contributed by atoms with E-state index in [4.69, 9.17) is 0 Å². The Morgan fingerprint density at radius 2 is 0.802 bits per heavy atom. The van der Waals surface area contributed by atoms with Gasteiger partial charge in [0.05, 0.1) is 16.5 Å². The summed E-state index contributed by atoms with van der Waals surface area (Å²) in [5.74, 6) is 0. The molecule has 0 saturated heterocycles. The third-order valence-corrected chi connectivity index (χ3v) is 16.2. The lowest BCUT2D eigenvalue weighted by Gasteiger charge is -2.29. The minimum absolute atomic E-state index is 0.0394. The molecule has 0 radical (unpaired) electrons. The highest BCUT2D eigenvalue weighted by molar-refractivity contribution is 6.00. The number of aryl methyl sites for hydroxylation is 1. The second-order valence-corrected chi connectivity index (χ2v) is 28.8. The molecule has 0 N–H and O–H groups in total. The predicted molar refractivity (Wildman–Crippen MR) is 350 cm³/mol. The minimum atomic E-state index is -0.0469. The van der Waals surface area contributed by atoms with Crippen LogP contribution in [0, 0.1) is 12.3 Å². The van der Waals surface area contributed by atoms with Crippen LogP contribution in [-0.4, -0.2) is 0 Å². The molecule has 1 aliphatic carbocycles. The van der Waals surface area contributed by atoms with Crippen molar-refractivity contribution in [2.45, 2.75) is 172 Å². The van der Waals surface area contributed by atoms with E-state index in [1.807, 2.05) is 0 Å². The van der Waals surface area contributed by atoms with Gasteiger partial charge in [0.1, 0.15) is 0 Å². The molecule has 7 aromatic carbocycles. The SMILES string of the molecule is CC(C)(C)C1=C(c2c3ccccc3cc[n+]2C(C)(C)C)C=CCC1.CC(C)(C)c1ccc2ccccc2c1-c1ccc2ccccc2[n+]1C(C)(C)C.Cc1cc(-c2c(C(C)(C)C)ccc3ccccc23)[n+](C(C)(C)C)c2ccccc12. The number of hydrogen-bond acceptors (Lipinski definition) is 0. The number of aromatic nitrogens is 3. The fourth-order valence-corrected chi connectivity index (χ4v) is 12.6. The van der Waals surface area contributed by atoms with Crippen molar-refractivity contribution in [2.75, 3.05) is 0 Å². The van der Waals surface area contributed by atoms with Gasteiger partial charge >= 0.3 is 0 Å². The van der Waals surface area contributed by atoms with Crippen molar-refractivity contribution in [1.82, 2.24) is 0 Å². The number of rotatable bonds is 3. The monoisotopic (exact) mass is 1070 g/mol. The molecule has 3 heteroatoms. The van der Waals surface area contributed by atoms with Gasteiger partial charge in [0.25, 0.3) is 0 Å². The van der Waals surface area contributed by atoms with E-state index in [1.54, 1.807) is 5.57 Å². The maximum absolute atomic E-state index is 2.53. The van der Waals surface area contributed by atoms with Gasteiger partial charge in [-0.25, -0.2) is 0 Å². The summed E-state index contributed by atoms with van der Waals surface area (Å²) in [4.78, 5) is 0. The molecule has 3 heterocycles. The van der Waals surface area contributed by atoms with Gasteiger partial charge in [-0.15, -0.1) is 0 Å². The van der Waals surface area contributed by atoms with Crippen LogP contribution in [0.3, 0.4) is 0 Å². The van der Waals surface area contributed by atoms with Crippen molar-refractivity contribution in [2.24, 2.45) is 5.41 Å². The maximum atomic E-state index is 2.53. The topological polar surface area (TPSA) is 11.6 Å². The number of hydrogen-bond donors (Lipinski definition) is 0. The first kappa shape index (κ1) is 58.4. The highest BCUT2D eigenvalue weighted by Crippen LogP contribution is 2.43. The Balaban J connectivity index is 0.000000147. The fraction of sp³-hybridized carbons (Fsp3) is 0.346. The van der Waals surface area contributed by atoms with Crippen LogP contribution >= 0.6 is 0 Å². The maximum Gasteiger partial charge on any atom is 0.220 e. The Hall–Kier alpha value is -7.23. The van der Waals surface area contributed by atoms with Gasteiger partial charge in [0.2, 0.25) is 28.1 Å². The van der Waals surface area contributed by atoms with Crippen molar-refractivity contribution >= 4 is 59.7 Å². The molecule has 10 aromatic rings. The fourth-order valence-electron chi connectivity index (χ4n) is 12.6. The predicted octanol–water partition coefficient (Wildman–Crippen LogP) is 20.3. The van der Waals surface area contributed by atoms with Crippen LogP contribution in [0.15, 0.2) is 194 Å². The van der Waals surface area contributed by atoms with Gasteiger partial charge in [-0.05, 0) is 104 Å². The second-order valence-electron chi connectivity index (χ2n) is 28.8. The van der Waals surface area contributed by atoms with Crippen molar-refractivity contribution in [1.29, 1.82) is 0 Å². The first-order chi connectivity index (χ1) is 38.0. The molecule has 0 bridgehead atoms. The zero-order valence-electron chi connectivity index (χ0n) is 52.7. The molecule has 0 spiro atoms. The minimum Gasteiger partial charge on any atom is -0.193 e. The van der Waals surface area contributed by atoms with E-state index >= 15 is 0 Å². The van der Waals surface area contributed by atoms with Crippen LogP contribution < -0.4 is 13.7 Å². The molecule has 416 valence electrons. The summed E-state index contributed by atoms with van der Waals surface area (Å²) in [6.07, 6.45) is 9.25. The number of nitrogens with zero attached hydrogens (tertiary/aromatic N) is 3. The second kappa shape index (κ2) is 21.9. The summed E-state index contributed by atoms with van der Waals surface area (Å²) in [5.41, 5.74) is 16.6. The molecular weight excluding hydrogens is 979 g/mol. The molecule has 81 heavy (non-hydrogen) atoms. The van der Waals surface area contributed by atoms with Crippen molar-refractivity contribution in [3.05, 3.63) is 216 Å². The Morgan fingerprint density at radius 3 is 1.31 bits per heavy atom. The van der Waals surface area contributed by atoms with Gasteiger partial charge in [-0.3, -0.25) is 0 Å². The van der Waals surface area contributed by atoms with Gasteiger partial charge in [0.15, 0.2) is 22.8 Å². The molecule has 0 fully saturated rings. The van der Waals surface area contributed by atoms with E-state index < -0.39 is 0 Å². The van der Waals surface area contributed by atoms with E-state index in [2.05, 4.69) is 333 Å². The molecule has 0 atom stereocenters. The van der Waals surface area contributed by atoms with E-state index in [1.165, 1.54) is 105 Å². The molecule has 11 rings (SSSR count). The van der Waals surface area contributed by atoms with Crippen LogP contribution in [0.2, 0.25) is 0 Å². The smallest absolute Gasteiger partial charge is 0.193 e. The molecule has 0 saturated carbocycles. The highest BCUT2D eigenvalue weighted by atomic mass is 15.1. The third kappa shape index (κ3) is 11.9. The largest absolute Gasteiger partial charge is 0.220 e. The zero-order valence-corrected chi connectivity index (χ0v) is 52.7. The summed E-state index contributed by atoms with van der Waals surface area (Å²) in [7, 11) is 0. The van der Waals surface area contributed by atoms with Gasteiger partial charge < -0.3 is 0 Å². The Morgan fingerprint density at radius 1 is 0.370 bits per heavy atom. The van der Waals surface area contributed by atoms with E-state index in [0.29, 0.717) is 0 Å². The summed E-state index contributed by atoms with van der Waals surface area (Å²) in [5, 5.41) is 10.5. The Bertz CT molecular complexity index is 4040. The summed E-state index contributed by atoms with van der Waals surface area (Å²) >= 11 is 0. The van der Waals surface area contributed by atoms with Gasteiger partial charge in [-0.1, -0.05) is 195 Å². The lowest BCUT2D eigenvalue weighted by Crippen LogP contribution is -2.53. The van der Waals surface area contributed by atoms with Crippen LogP contribution in [0.25, 0.3) is 82.2 Å². The number of pyridine rings is 3. The van der Waals surface area contributed by atoms with Gasteiger partial charge in [0, 0.05) is 109 Å². The van der Waals surface area contributed by atoms with Crippen molar-refractivity contribution < 1.29 is 13.7 Å². The normalized spacial score (nSPS) is 13.7. The van der Waals surface area contributed by atoms with Crippen molar-refractivity contribution in [3.8, 4) is 22.5 Å². The lowest BCUT2D eigenvalue weighted by molar-refractivity contribution is -0.754. The van der Waals surface area contributed by atoms with Crippen molar-refractivity contribution in [3.63, 3.8) is 0 Å². The molecule has 0 aliphatic heterocycles. The van der Waals surface area contributed by atoms with Crippen LogP contribution in [0.5, 0.6) is 0 Å². The molecule has 1 aliphatic rings. The Kier molecular flexibility index (Phi) is 15.8. The Labute approximate surface area is 486 Å². The molecule has 0 amide bonds. The number of benzene rings is 7. The zero-order chi connectivity index (χ0) is 58.6. The third-order valence-electron chi connectivity index (χ3n) is 16.2. The lowest BCUT2D eigenvalue weighted by atomic mass is 9.77. The summed E-state index contributed by atoms with van der Waals surface area (Å²) in [6, 6.07) is 62.2. The average Bonchev–Trinajstić information content (AvgIpc) is 3.61. The molecule has 3 nitrogen and oxygen atoms in total. The number of allylic oxidation sites excluding steroid dienone is 4. The van der Waals surface area contributed by atoms with E-state index in [0.717, 1.165) is 12.8 Å². The summed E-state index contributed by atoms with van der Waals surface area (Å²) in [6.45, 7) is 43.8. The molecule has 3 aromatic heterocycles. The summed E-state index contributed by atoms with van der Waals surface area (Å²) < 4.78 is 7.50. The molecular formula is C78H92N3+3. The standard InChI is InChI=1S/C28H32N.C27H30N.C23H30N/c1-19-18-25(29(28(5,6)7)24-15-11-10-13-21(19)24)26-22-14-9-8-12-20(22)16-17-23(26)27(2,3)4;1-26(2,3)22-17-15-19-11-7-9-13-21(19)25(22)24-18-16-20-12-8-10-14-23(20)28(24)27(4,5)6;1-22(2,3)20-14-10-9-13-19(20)21-18-12-8-7-11-17(18)15-16-24(21)23(4,5)6/h8-18H,1-7H3;7-18H,1-6H3;7-9,11-13,15-16H,10,14H2,1-6H3/q3*+1. The average molecular weight is 1070 g/mol. The quantitative estimate of drug-likeness (QED) is 0.156. The van der Waals surface area contributed by atoms with Crippen LogP contribution in [-0.2, 0) is 27.4 Å². The van der Waals surface area contributed by atoms with Crippen LogP contribution in [0.1, 0.15) is 160 Å². The first-order valence-corrected chi connectivity index (χ1v) is 29.7. The van der Waals surface area contributed by atoms with E-state index in [9.17, 15) is 0 Å². The first-order valence-electron chi connectivity index (χ1n) is 29.7. The van der Waals surface area contributed by atoms with E-state index in [-0.39, 0.29) is 32.9 Å². The number of fused-ring (bicyclic) bond motifs is 5. The number of para-hydroxylation sites is 2. The molecule has 0 unspecified atom stereocenters. The van der Waals surface area contributed by atoms with Crippen LogP contribution in [0.4, 0.5) is 0 Å². The van der Waals surface area contributed by atoms with Gasteiger partial charge in [-0.2, -0.15) is 13.7 Å². The highest BCUT2D eigenvalue weighted by Gasteiger charge is 2.37.